The molecule has 1 amide bonds. The van der Waals surface area contributed by atoms with Crippen LogP contribution in [0, 0.1) is 18.7 Å². The smallest absolute Gasteiger partial charge is 0.231 e. The van der Waals surface area contributed by atoms with Crippen molar-refractivity contribution in [2.45, 2.75) is 26.2 Å². The first-order valence-electron chi connectivity index (χ1n) is 8.97. The number of carbonyl (C=O) groups excluding carboxylic acids is 1. The van der Waals surface area contributed by atoms with Gasteiger partial charge in [-0.3, -0.25) is 14.8 Å². The SMILES string of the molecule is Cc1cnncc1-c1cc(N2CCCC(Cc3cnc(Cl)c(F)c3)C2=O)n[nH]1. The normalized spacial score (nSPS) is 17.2. The Balaban J connectivity index is 1.53. The number of nitrogens with one attached hydrogen (secondary N) is 1. The fraction of sp³-hybridized carbons (Fsp3) is 0.316. The monoisotopic (exact) mass is 400 g/mol. The van der Waals surface area contributed by atoms with Crippen molar-refractivity contribution in [2.24, 2.45) is 5.92 Å². The summed E-state index contributed by atoms with van der Waals surface area (Å²) < 4.78 is 13.7. The average molecular weight is 401 g/mol. The van der Waals surface area contributed by atoms with E-state index in [1.807, 2.05) is 13.0 Å². The molecular formula is C19H18ClFN6O. The molecule has 1 atom stereocenters. The molecule has 0 saturated carbocycles. The van der Waals surface area contributed by atoms with E-state index < -0.39 is 5.82 Å². The molecule has 1 saturated heterocycles. The molecule has 3 aromatic heterocycles. The quantitative estimate of drug-likeness (QED) is 0.678. The average Bonchev–Trinajstić information content (AvgIpc) is 3.16. The lowest BCUT2D eigenvalue weighted by Crippen LogP contribution is -2.42. The second-order valence-corrected chi connectivity index (χ2v) is 7.23. The van der Waals surface area contributed by atoms with Gasteiger partial charge in [0.2, 0.25) is 5.91 Å². The van der Waals surface area contributed by atoms with Crippen LogP contribution < -0.4 is 4.90 Å². The summed E-state index contributed by atoms with van der Waals surface area (Å²) >= 11 is 5.64. The molecule has 1 unspecified atom stereocenters. The maximum Gasteiger partial charge on any atom is 0.231 e. The third-order valence-electron chi connectivity index (χ3n) is 4.95. The molecule has 144 valence electrons. The zero-order chi connectivity index (χ0) is 19.7. The summed E-state index contributed by atoms with van der Waals surface area (Å²) in [6, 6.07) is 3.18. The first kappa shape index (κ1) is 18.5. The number of piperidine rings is 1. The van der Waals surface area contributed by atoms with Gasteiger partial charge in [0.25, 0.3) is 0 Å². The predicted molar refractivity (Wildman–Crippen MR) is 102 cm³/mol. The Labute approximate surface area is 166 Å². The number of hydrogen-bond donors (Lipinski definition) is 1. The molecule has 4 rings (SSSR count). The summed E-state index contributed by atoms with van der Waals surface area (Å²) in [5, 5.41) is 14.9. The van der Waals surface area contributed by atoms with E-state index in [0.717, 1.165) is 29.7 Å². The van der Waals surface area contributed by atoms with Crippen LogP contribution in [0.4, 0.5) is 10.2 Å². The number of carbonyl (C=O) groups is 1. The van der Waals surface area contributed by atoms with Crippen molar-refractivity contribution in [1.82, 2.24) is 25.4 Å². The van der Waals surface area contributed by atoms with Crippen LogP contribution in [0.5, 0.6) is 0 Å². The first-order chi connectivity index (χ1) is 13.5. The molecule has 0 aliphatic carbocycles. The van der Waals surface area contributed by atoms with Crippen LogP contribution in [0.1, 0.15) is 24.0 Å². The maximum absolute atomic E-state index is 13.7. The van der Waals surface area contributed by atoms with E-state index >= 15 is 0 Å². The number of hydrogen-bond acceptors (Lipinski definition) is 5. The van der Waals surface area contributed by atoms with E-state index in [-0.39, 0.29) is 17.0 Å². The van der Waals surface area contributed by atoms with Gasteiger partial charge in [-0.15, -0.1) is 0 Å². The lowest BCUT2D eigenvalue weighted by molar-refractivity contribution is -0.123. The van der Waals surface area contributed by atoms with E-state index in [0.29, 0.717) is 24.3 Å². The van der Waals surface area contributed by atoms with Crippen LogP contribution in [0.3, 0.4) is 0 Å². The Hall–Kier alpha value is -2.87. The number of H-pyrrole nitrogens is 1. The maximum atomic E-state index is 13.7. The molecule has 9 heteroatoms. The highest BCUT2D eigenvalue weighted by Gasteiger charge is 2.31. The molecule has 0 spiro atoms. The van der Waals surface area contributed by atoms with Crippen molar-refractivity contribution in [2.75, 3.05) is 11.4 Å². The Kier molecular flexibility index (Phi) is 5.04. The van der Waals surface area contributed by atoms with Crippen LogP contribution in [0.2, 0.25) is 5.15 Å². The molecule has 0 radical (unpaired) electrons. The number of halogens is 2. The van der Waals surface area contributed by atoms with Gasteiger partial charge in [0.05, 0.1) is 18.1 Å². The van der Waals surface area contributed by atoms with Crippen LogP contribution in [-0.2, 0) is 11.2 Å². The van der Waals surface area contributed by atoms with Crippen molar-refractivity contribution in [1.29, 1.82) is 0 Å². The zero-order valence-electron chi connectivity index (χ0n) is 15.2. The summed E-state index contributed by atoms with van der Waals surface area (Å²) in [5.74, 6) is -0.274. The van der Waals surface area contributed by atoms with Crippen LogP contribution in [0.25, 0.3) is 11.3 Å². The van der Waals surface area contributed by atoms with Gasteiger partial charge in [-0.05, 0) is 43.4 Å². The Morgan fingerprint density at radius 1 is 1.29 bits per heavy atom. The van der Waals surface area contributed by atoms with Crippen molar-refractivity contribution in [3.8, 4) is 11.3 Å². The summed E-state index contributed by atoms with van der Waals surface area (Å²) in [7, 11) is 0. The van der Waals surface area contributed by atoms with Gasteiger partial charge in [-0.1, -0.05) is 11.6 Å². The fourth-order valence-corrected chi connectivity index (χ4v) is 3.58. The van der Waals surface area contributed by atoms with Crippen molar-refractivity contribution < 1.29 is 9.18 Å². The Bertz CT molecular complexity index is 1020. The highest BCUT2D eigenvalue weighted by Crippen LogP contribution is 2.29. The topological polar surface area (TPSA) is 87.7 Å². The third kappa shape index (κ3) is 3.60. The van der Waals surface area contributed by atoms with Gasteiger partial charge in [-0.25, -0.2) is 9.37 Å². The van der Waals surface area contributed by atoms with Gasteiger partial charge < -0.3 is 0 Å². The van der Waals surface area contributed by atoms with Gasteiger partial charge in [0, 0.05) is 30.3 Å². The van der Waals surface area contributed by atoms with Crippen LogP contribution >= 0.6 is 11.6 Å². The van der Waals surface area contributed by atoms with Crippen LogP contribution in [-0.4, -0.2) is 37.8 Å². The minimum Gasteiger partial charge on any atom is -0.295 e. The van der Waals surface area contributed by atoms with Gasteiger partial charge in [-0.2, -0.15) is 15.3 Å². The van der Waals surface area contributed by atoms with Gasteiger partial charge in [0.15, 0.2) is 16.8 Å². The number of pyridine rings is 1. The summed E-state index contributed by atoms with van der Waals surface area (Å²) in [5.41, 5.74) is 3.28. The molecule has 0 bridgehead atoms. The number of aryl methyl sites for hydroxylation is 1. The molecule has 1 aliphatic rings. The van der Waals surface area contributed by atoms with Gasteiger partial charge in [0.1, 0.15) is 0 Å². The second-order valence-electron chi connectivity index (χ2n) is 6.87. The second kappa shape index (κ2) is 7.63. The van der Waals surface area contributed by atoms with Crippen molar-refractivity contribution in [3.05, 3.63) is 52.8 Å². The molecular weight excluding hydrogens is 383 g/mol. The highest BCUT2D eigenvalue weighted by molar-refractivity contribution is 6.29. The molecule has 3 aromatic rings. The van der Waals surface area contributed by atoms with Crippen molar-refractivity contribution >= 4 is 23.3 Å². The number of rotatable bonds is 4. The van der Waals surface area contributed by atoms with Gasteiger partial charge >= 0.3 is 0 Å². The Morgan fingerprint density at radius 2 is 2.11 bits per heavy atom. The molecule has 1 aliphatic heterocycles. The summed E-state index contributed by atoms with van der Waals surface area (Å²) in [4.78, 5) is 18.5. The van der Waals surface area contributed by atoms with E-state index in [2.05, 4.69) is 25.4 Å². The molecule has 0 aromatic carbocycles. The molecule has 4 heterocycles. The number of aromatic amines is 1. The first-order valence-corrected chi connectivity index (χ1v) is 9.35. The zero-order valence-corrected chi connectivity index (χ0v) is 15.9. The fourth-order valence-electron chi connectivity index (χ4n) is 3.48. The van der Waals surface area contributed by atoms with Crippen molar-refractivity contribution in [3.63, 3.8) is 0 Å². The molecule has 28 heavy (non-hydrogen) atoms. The number of nitrogens with zero attached hydrogens (tertiary/aromatic N) is 5. The molecule has 1 N–H and O–H groups in total. The van der Waals surface area contributed by atoms with E-state index in [1.165, 1.54) is 12.3 Å². The lowest BCUT2D eigenvalue weighted by atomic mass is 9.91. The predicted octanol–water partition coefficient (Wildman–Crippen LogP) is 3.35. The molecule has 1 fully saturated rings. The van der Waals surface area contributed by atoms with E-state index in [1.54, 1.807) is 17.3 Å². The number of aromatic nitrogens is 5. The summed E-state index contributed by atoms with van der Waals surface area (Å²) in [6.07, 6.45) is 6.86. The number of amides is 1. The highest BCUT2D eigenvalue weighted by atomic mass is 35.5. The van der Waals surface area contributed by atoms with E-state index in [4.69, 9.17) is 11.6 Å². The van der Waals surface area contributed by atoms with Crippen LogP contribution in [0.15, 0.2) is 30.7 Å². The molecule has 7 nitrogen and oxygen atoms in total. The largest absolute Gasteiger partial charge is 0.295 e. The van der Waals surface area contributed by atoms with E-state index in [9.17, 15) is 9.18 Å². The third-order valence-corrected chi connectivity index (χ3v) is 5.22. The summed E-state index contributed by atoms with van der Waals surface area (Å²) in [6.45, 7) is 2.53. The minimum atomic E-state index is -0.572. The standard InChI is InChI=1S/C19H18ClFN6O/c1-11-8-23-24-10-14(11)16-7-17(26-25-16)27-4-2-3-13(19(27)28)5-12-6-15(21)18(20)22-9-12/h6-10,13H,2-5H2,1H3,(H,25,26). The Morgan fingerprint density at radius 3 is 2.89 bits per heavy atom. The minimum absolute atomic E-state index is 0.0239. The number of anilines is 1. The lowest BCUT2D eigenvalue weighted by Gasteiger charge is -2.30.